The molecule has 0 bridgehead atoms. The number of nitrogens with one attached hydrogen (secondary N) is 1. The van der Waals surface area contributed by atoms with Crippen LogP contribution in [0, 0.1) is 0 Å². The zero-order valence-electron chi connectivity index (χ0n) is 15.8. The molecule has 1 heterocycles. The predicted octanol–water partition coefficient (Wildman–Crippen LogP) is 3.35. The van der Waals surface area contributed by atoms with Crippen molar-refractivity contribution >= 4 is 28.9 Å². The summed E-state index contributed by atoms with van der Waals surface area (Å²) in [6.07, 6.45) is -4.87. The van der Waals surface area contributed by atoms with E-state index in [2.05, 4.69) is 5.32 Å². The Hall–Kier alpha value is -3.05. The summed E-state index contributed by atoms with van der Waals surface area (Å²) < 4.78 is 45.8. The van der Waals surface area contributed by atoms with Crippen molar-refractivity contribution in [1.29, 1.82) is 0 Å². The molecule has 2 atom stereocenters. The van der Waals surface area contributed by atoms with E-state index in [0.717, 1.165) is 29.5 Å². The van der Waals surface area contributed by atoms with Gasteiger partial charge in [-0.3, -0.25) is 19.7 Å². The van der Waals surface area contributed by atoms with Gasteiger partial charge in [0.25, 0.3) is 5.24 Å². The first-order valence-corrected chi connectivity index (χ1v) is 9.87. The Morgan fingerprint density at radius 2 is 1.81 bits per heavy atom. The summed E-state index contributed by atoms with van der Waals surface area (Å²) >= 11 is 0.903. The minimum atomic E-state index is -4.71. The van der Waals surface area contributed by atoms with E-state index in [1.807, 2.05) is 0 Å². The van der Waals surface area contributed by atoms with Crippen LogP contribution in [0.3, 0.4) is 0 Å². The smallest absolute Gasteiger partial charge is 0.416 e. The molecule has 1 fully saturated rings. The topological polar surface area (TPSA) is 119 Å². The van der Waals surface area contributed by atoms with Crippen LogP contribution < -0.4 is 15.8 Å². The quantitative estimate of drug-likeness (QED) is 0.587. The average molecular weight is 454 g/mol. The van der Waals surface area contributed by atoms with Gasteiger partial charge in [-0.2, -0.15) is 13.2 Å². The Morgan fingerprint density at radius 3 is 2.35 bits per heavy atom. The largest absolute Gasteiger partial charge is 0.480 e. The SMILES string of the molecule is NC(Cc1ccc(Oc2ccc(CC3SC(=O)NC3=O)cc2)cc1C(F)(F)F)C(=O)O. The van der Waals surface area contributed by atoms with Crippen LogP contribution in [0.2, 0.25) is 0 Å². The first-order valence-electron chi connectivity index (χ1n) is 8.99. The second-order valence-corrected chi connectivity index (χ2v) is 7.97. The summed E-state index contributed by atoms with van der Waals surface area (Å²) in [7, 11) is 0. The predicted molar refractivity (Wildman–Crippen MR) is 106 cm³/mol. The fourth-order valence-electron chi connectivity index (χ4n) is 2.96. The highest BCUT2D eigenvalue weighted by Gasteiger charge is 2.35. The van der Waals surface area contributed by atoms with Gasteiger partial charge >= 0.3 is 12.1 Å². The van der Waals surface area contributed by atoms with Crippen LogP contribution in [0.5, 0.6) is 11.5 Å². The highest BCUT2D eigenvalue weighted by atomic mass is 32.2. The summed E-state index contributed by atoms with van der Waals surface area (Å²) in [6, 6.07) is 8.15. The van der Waals surface area contributed by atoms with Gasteiger partial charge in [-0.05, 0) is 48.2 Å². The molecule has 1 aliphatic heterocycles. The number of nitrogens with two attached hydrogens (primary N) is 1. The van der Waals surface area contributed by atoms with Gasteiger partial charge in [0, 0.05) is 0 Å². The number of ether oxygens (including phenoxy) is 1. The second kappa shape index (κ2) is 8.98. The molecular formula is C20H17F3N2O5S. The highest BCUT2D eigenvalue weighted by Crippen LogP contribution is 2.36. The number of rotatable bonds is 7. The molecule has 1 saturated heterocycles. The molecule has 1 aliphatic rings. The van der Waals surface area contributed by atoms with Gasteiger partial charge in [0.15, 0.2) is 0 Å². The first-order chi connectivity index (χ1) is 14.5. The lowest BCUT2D eigenvalue weighted by Crippen LogP contribution is -2.33. The molecule has 2 amide bonds. The summed E-state index contributed by atoms with van der Waals surface area (Å²) in [4.78, 5) is 33.7. The van der Waals surface area contributed by atoms with Crippen molar-refractivity contribution in [2.75, 3.05) is 0 Å². The highest BCUT2D eigenvalue weighted by molar-refractivity contribution is 8.15. The minimum Gasteiger partial charge on any atom is -0.480 e. The first kappa shape index (κ1) is 22.6. The zero-order valence-corrected chi connectivity index (χ0v) is 16.6. The maximum atomic E-state index is 13.4. The van der Waals surface area contributed by atoms with E-state index in [-0.39, 0.29) is 23.0 Å². The van der Waals surface area contributed by atoms with Gasteiger partial charge in [-0.25, -0.2) is 0 Å². The number of carbonyl (C=O) groups is 3. The van der Waals surface area contributed by atoms with Crippen molar-refractivity contribution in [3.8, 4) is 11.5 Å². The Labute approximate surface area is 178 Å². The lowest BCUT2D eigenvalue weighted by atomic mass is 10.00. The Kier molecular flexibility index (Phi) is 6.56. The van der Waals surface area contributed by atoms with Crippen molar-refractivity contribution in [3.05, 3.63) is 59.2 Å². The molecule has 0 spiro atoms. The molecule has 4 N–H and O–H groups in total. The second-order valence-electron chi connectivity index (χ2n) is 6.80. The van der Waals surface area contributed by atoms with E-state index in [1.165, 1.54) is 18.2 Å². The standard InChI is InChI=1S/C20H17F3N2O5S/c21-20(22,23)14-9-13(6-3-11(14)8-15(24)18(27)28)30-12-4-1-10(2-5-12)7-16-17(26)25-19(29)31-16/h1-6,9,15-16H,7-8,24H2,(H,27,28)(H,25,26,29). The number of benzene rings is 2. The monoisotopic (exact) mass is 454 g/mol. The third-order valence-electron chi connectivity index (χ3n) is 4.49. The molecule has 3 rings (SSSR count). The molecule has 7 nitrogen and oxygen atoms in total. The van der Waals surface area contributed by atoms with E-state index in [4.69, 9.17) is 15.6 Å². The number of carboxylic acids is 1. The van der Waals surface area contributed by atoms with Crippen molar-refractivity contribution in [2.45, 2.75) is 30.3 Å². The summed E-state index contributed by atoms with van der Waals surface area (Å²) in [5.74, 6) is -1.57. The molecule has 0 radical (unpaired) electrons. The summed E-state index contributed by atoms with van der Waals surface area (Å²) in [6.45, 7) is 0. The maximum absolute atomic E-state index is 13.4. The normalized spacial score (nSPS) is 17.4. The molecular weight excluding hydrogens is 437 g/mol. The van der Waals surface area contributed by atoms with Crippen LogP contribution in [0.1, 0.15) is 16.7 Å². The number of imide groups is 1. The summed E-state index contributed by atoms with van der Waals surface area (Å²) in [5, 5.41) is 10.1. The van der Waals surface area contributed by atoms with Crippen LogP contribution in [0.4, 0.5) is 18.0 Å². The number of halogens is 3. The zero-order chi connectivity index (χ0) is 22.8. The Bertz CT molecular complexity index is 1010. The van der Waals surface area contributed by atoms with Gasteiger partial charge in [0.2, 0.25) is 5.91 Å². The number of amides is 2. The fraction of sp³-hybridized carbons (Fsp3) is 0.250. The van der Waals surface area contributed by atoms with Crippen LogP contribution in [0.15, 0.2) is 42.5 Å². The van der Waals surface area contributed by atoms with E-state index in [0.29, 0.717) is 6.42 Å². The molecule has 2 aromatic carbocycles. The third-order valence-corrected chi connectivity index (χ3v) is 5.47. The van der Waals surface area contributed by atoms with Crippen LogP contribution >= 0.6 is 11.8 Å². The Balaban J connectivity index is 1.74. The van der Waals surface area contributed by atoms with Crippen molar-refractivity contribution in [1.82, 2.24) is 5.32 Å². The van der Waals surface area contributed by atoms with E-state index >= 15 is 0 Å². The fourth-order valence-corrected chi connectivity index (χ4v) is 3.82. The number of carbonyl (C=O) groups excluding carboxylic acids is 2. The number of aliphatic carboxylic acids is 1. The van der Waals surface area contributed by atoms with E-state index in [9.17, 15) is 27.6 Å². The molecule has 11 heteroatoms. The van der Waals surface area contributed by atoms with Gasteiger partial charge in [0.1, 0.15) is 17.5 Å². The molecule has 0 saturated carbocycles. The molecule has 31 heavy (non-hydrogen) atoms. The van der Waals surface area contributed by atoms with E-state index < -0.39 is 40.7 Å². The maximum Gasteiger partial charge on any atom is 0.416 e. The number of carboxylic acid groups (broad SMARTS) is 1. The minimum absolute atomic E-state index is 0.0796. The number of thioether (sulfide) groups is 1. The van der Waals surface area contributed by atoms with Crippen LogP contribution in [0.25, 0.3) is 0 Å². The lowest BCUT2D eigenvalue weighted by Gasteiger charge is -2.16. The van der Waals surface area contributed by atoms with Crippen LogP contribution in [-0.4, -0.2) is 33.5 Å². The van der Waals surface area contributed by atoms with Gasteiger partial charge in [-0.1, -0.05) is 30.0 Å². The van der Waals surface area contributed by atoms with Gasteiger partial charge in [0.05, 0.1) is 10.8 Å². The lowest BCUT2D eigenvalue weighted by molar-refractivity contribution is -0.140. The van der Waals surface area contributed by atoms with Gasteiger partial charge < -0.3 is 15.6 Å². The van der Waals surface area contributed by atoms with Crippen molar-refractivity contribution < 1.29 is 37.4 Å². The number of alkyl halides is 3. The third kappa shape index (κ3) is 5.76. The molecule has 2 aromatic rings. The Morgan fingerprint density at radius 1 is 1.16 bits per heavy atom. The van der Waals surface area contributed by atoms with Gasteiger partial charge in [-0.15, -0.1) is 0 Å². The van der Waals surface area contributed by atoms with E-state index in [1.54, 1.807) is 12.1 Å². The molecule has 0 aliphatic carbocycles. The number of hydrogen-bond donors (Lipinski definition) is 3. The molecule has 164 valence electrons. The van der Waals surface area contributed by atoms with Crippen molar-refractivity contribution in [2.24, 2.45) is 5.73 Å². The summed E-state index contributed by atoms with van der Waals surface area (Å²) in [5.41, 5.74) is 4.86. The average Bonchev–Trinajstić information content (AvgIpc) is 3.00. The van der Waals surface area contributed by atoms with Crippen molar-refractivity contribution in [3.63, 3.8) is 0 Å². The molecule has 0 aromatic heterocycles. The molecule has 2 unspecified atom stereocenters. The van der Waals surface area contributed by atoms with Crippen LogP contribution in [-0.2, 0) is 28.6 Å². The number of hydrogen-bond acceptors (Lipinski definition) is 6.